The number of thiophene rings is 1. The highest BCUT2D eigenvalue weighted by atomic mass is 127. The number of rotatable bonds is 1. The predicted molar refractivity (Wildman–Crippen MR) is 87.5 cm³/mol. The van der Waals surface area contributed by atoms with Gasteiger partial charge in [-0.25, -0.2) is 4.98 Å². The topological polar surface area (TPSA) is 36.7 Å². The molecule has 0 fully saturated rings. The first-order valence-corrected chi connectivity index (χ1v) is 7.96. The lowest BCUT2D eigenvalue weighted by Gasteiger charge is -2.10. The second-order valence-electron chi connectivity index (χ2n) is 4.50. The van der Waals surface area contributed by atoms with Crippen LogP contribution in [0.5, 0.6) is 0 Å². The van der Waals surface area contributed by atoms with Gasteiger partial charge in [0, 0.05) is 14.5 Å². The fraction of sp³-hybridized carbons (Fsp3) is 0.0667. The van der Waals surface area contributed by atoms with Crippen molar-refractivity contribution in [1.29, 1.82) is 5.26 Å². The SMILES string of the molecule is N#Cc1cc2c(C(F)(F)F)cc(-c3ccc(I)cc3)nc2s1. The molecule has 110 valence electrons. The molecule has 0 saturated heterocycles. The lowest BCUT2D eigenvalue weighted by atomic mass is 10.1. The number of fused-ring (bicyclic) bond motifs is 1. The van der Waals surface area contributed by atoms with Crippen LogP contribution in [0.4, 0.5) is 13.2 Å². The minimum Gasteiger partial charge on any atom is -0.237 e. The van der Waals surface area contributed by atoms with Gasteiger partial charge in [0.05, 0.1) is 11.3 Å². The smallest absolute Gasteiger partial charge is 0.237 e. The van der Waals surface area contributed by atoms with E-state index in [-0.39, 0.29) is 20.8 Å². The Balaban J connectivity index is 2.29. The molecule has 2 nitrogen and oxygen atoms in total. The number of hydrogen-bond acceptors (Lipinski definition) is 3. The van der Waals surface area contributed by atoms with Gasteiger partial charge in [-0.1, -0.05) is 12.1 Å². The average molecular weight is 430 g/mol. The Morgan fingerprint density at radius 2 is 1.82 bits per heavy atom. The lowest BCUT2D eigenvalue weighted by Crippen LogP contribution is -2.06. The maximum Gasteiger partial charge on any atom is 0.417 e. The van der Waals surface area contributed by atoms with E-state index < -0.39 is 11.7 Å². The normalized spacial score (nSPS) is 11.6. The van der Waals surface area contributed by atoms with Gasteiger partial charge in [0.1, 0.15) is 15.8 Å². The number of aromatic nitrogens is 1. The van der Waals surface area contributed by atoms with E-state index in [1.165, 1.54) is 6.07 Å². The summed E-state index contributed by atoms with van der Waals surface area (Å²) in [5.41, 5.74) is 0.103. The van der Waals surface area contributed by atoms with Crippen LogP contribution < -0.4 is 0 Å². The number of halogens is 4. The van der Waals surface area contributed by atoms with Crippen molar-refractivity contribution < 1.29 is 13.2 Å². The van der Waals surface area contributed by atoms with Crippen molar-refractivity contribution >= 4 is 44.1 Å². The van der Waals surface area contributed by atoms with E-state index in [1.807, 2.05) is 18.2 Å². The van der Waals surface area contributed by atoms with Gasteiger partial charge >= 0.3 is 6.18 Å². The summed E-state index contributed by atoms with van der Waals surface area (Å²) in [6.45, 7) is 0. The lowest BCUT2D eigenvalue weighted by molar-refractivity contribution is -0.136. The number of benzene rings is 1. The monoisotopic (exact) mass is 430 g/mol. The summed E-state index contributed by atoms with van der Waals surface area (Å²) in [6, 6.07) is 11.2. The van der Waals surface area contributed by atoms with Gasteiger partial charge < -0.3 is 0 Å². The average Bonchev–Trinajstić information content (AvgIpc) is 2.88. The van der Waals surface area contributed by atoms with E-state index in [1.54, 1.807) is 12.1 Å². The molecule has 0 radical (unpaired) electrons. The number of pyridine rings is 1. The minimum absolute atomic E-state index is 0.0247. The predicted octanol–water partition coefficient (Wildman–Crippen LogP) is 5.46. The van der Waals surface area contributed by atoms with E-state index in [0.717, 1.165) is 21.0 Å². The van der Waals surface area contributed by atoms with Gasteiger partial charge in [-0.15, -0.1) is 11.3 Å². The molecule has 0 saturated carbocycles. The second kappa shape index (κ2) is 5.52. The zero-order valence-corrected chi connectivity index (χ0v) is 13.8. The largest absolute Gasteiger partial charge is 0.417 e. The third-order valence-electron chi connectivity index (χ3n) is 3.06. The maximum atomic E-state index is 13.3. The van der Waals surface area contributed by atoms with Crippen molar-refractivity contribution in [1.82, 2.24) is 4.98 Å². The Labute approximate surface area is 141 Å². The van der Waals surface area contributed by atoms with Crippen molar-refractivity contribution in [2.45, 2.75) is 6.18 Å². The van der Waals surface area contributed by atoms with Crippen molar-refractivity contribution in [2.24, 2.45) is 0 Å². The summed E-state index contributed by atoms with van der Waals surface area (Å²) in [7, 11) is 0. The molecule has 0 spiro atoms. The Morgan fingerprint density at radius 1 is 1.14 bits per heavy atom. The van der Waals surface area contributed by atoms with E-state index in [2.05, 4.69) is 27.6 Å². The maximum absolute atomic E-state index is 13.3. The molecular formula is C15H6F3IN2S. The first-order valence-electron chi connectivity index (χ1n) is 6.06. The summed E-state index contributed by atoms with van der Waals surface area (Å²) in [5, 5.41) is 8.88. The zero-order chi connectivity index (χ0) is 15.9. The fourth-order valence-corrected chi connectivity index (χ4v) is 3.28. The van der Waals surface area contributed by atoms with Crippen LogP contribution in [0.1, 0.15) is 10.4 Å². The molecule has 0 amide bonds. The fourth-order valence-electron chi connectivity index (χ4n) is 2.07. The van der Waals surface area contributed by atoms with E-state index in [0.29, 0.717) is 5.56 Å². The second-order valence-corrected chi connectivity index (χ2v) is 6.78. The van der Waals surface area contributed by atoms with Crippen LogP contribution in [0.3, 0.4) is 0 Å². The molecule has 2 heterocycles. The molecule has 7 heteroatoms. The van der Waals surface area contributed by atoms with Crippen LogP contribution in [0, 0.1) is 14.9 Å². The summed E-state index contributed by atoms with van der Waals surface area (Å²) in [4.78, 5) is 4.72. The zero-order valence-electron chi connectivity index (χ0n) is 10.8. The molecule has 2 aromatic heterocycles. The highest BCUT2D eigenvalue weighted by Gasteiger charge is 2.34. The first kappa shape index (κ1) is 15.2. The van der Waals surface area contributed by atoms with Gasteiger partial charge in [-0.3, -0.25) is 0 Å². The third-order valence-corrected chi connectivity index (χ3v) is 4.71. The van der Waals surface area contributed by atoms with Gasteiger partial charge in [0.25, 0.3) is 0 Å². The molecule has 0 bridgehead atoms. The molecule has 1 aromatic carbocycles. The highest BCUT2D eigenvalue weighted by Crippen LogP contribution is 2.39. The minimum atomic E-state index is -4.49. The molecule has 0 aliphatic rings. The molecule has 0 atom stereocenters. The van der Waals surface area contributed by atoms with Crippen LogP contribution in [-0.2, 0) is 6.18 Å². The molecule has 0 N–H and O–H groups in total. The highest BCUT2D eigenvalue weighted by molar-refractivity contribution is 14.1. The van der Waals surface area contributed by atoms with E-state index in [9.17, 15) is 13.2 Å². The quantitative estimate of drug-likeness (QED) is 0.481. The van der Waals surface area contributed by atoms with Gasteiger partial charge in [-0.05, 0) is 46.9 Å². The van der Waals surface area contributed by atoms with Crippen molar-refractivity contribution in [3.63, 3.8) is 0 Å². The van der Waals surface area contributed by atoms with Crippen LogP contribution in [-0.4, -0.2) is 4.98 Å². The number of alkyl halides is 3. The molecule has 0 aliphatic carbocycles. The Morgan fingerprint density at radius 3 is 2.41 bits per heavy atom. The first-order chi connectivity index (χ1) is 10.4. The number of nitriles is 1. The van der Waals surface area contributed by atoms with Crippen LogP contribution in [0.25, 0.3) is 21.5 Å². The molecular weight excluding hydrogens is 424 g/mol. The van der Waals surface area contributed by atoms with Crippen molar-refractivity contribution in [3.05, 3.63) is 50.4 Å². The summed E-state index contributed by atoms with van der Waals surface area (Å²) >= 11 is 3.09. The van der Waals surface area contributed by atoms with Crippen LogP contribution in [0.2, 0.25) is 0 Å². The van der Waals surface area contributed by atoms with Crippen molar-refractivity contribution in [3.8, 4) is 17.3 Å². The number of nitrogens with zero attached hydrogens (tertiary/aromatic N) is 2. The van der Waals surface area contributed by atoms with Gasteiger partial charge in [-0.2, -0.15) is 18.4 Å². The third kappa shape index (κ3) is 2.80. The standard InChI is InChI=1S/C15H6F3IN2S/c16-15(17,18)12-6-13(8-1-3-9(19)4-2-8)21-14-11(12)5-10(7-20)22-14/h1-6H. The van der Waals surface area contributed by atoms with Crippen molar-refractivity contribution in [2.75, 3.05) is 0 Å². The Hall–Kier alpha value is -1.66. The summed E-state index contributed by atoms with van der Waals surface area (Å²) in [5.74, 6) is 0. The molecule has 0 unspecified atom stereocenters. The molecule has 3 rings (SSSR count). The van der Waals surface area contributed by atoms with E-state index >= 15 is 0 Å². The van der Waals surface area contributed by atoms with Crippen LogP contribution in [0.15, 0.2) is 36.4 Å². The molecule has 3 aromatic rings. The van der Waals surface area contributed by atoms with Gasteiger partial charge in [0.15, 0.2) is 0 Å². The number of hydrogen-bond donors (Lipinski definition) is 0. The Kier molecular flexibility index (Phi) is 3.82. The summed E-state index contributed by atoms with van der Waals surface area (Å²) < 4.78 is 40.8. The molecule has 22 heavy (non-hydrogen) atoms. The van der Waals surface area contributed by atoms with E-state index in [4.69, 9.17) is 5.26 Å². The Bertz CT molecular complexity index is 892. The summed E-state index contributed by atoms with van der Waals surface area (Å²) in [6.07, 6.45) is -4.49. The molecule has 0 aliphatic heterocycles. The van der Waals surface area contributed by atoms with Gasteiger partial charge in [0.2, 0.25) is 0 Å². The van der Waals surface area contributed by atoms with Crippen LogP contribution >= 0.6 is 33.9 Å².